The summed E-state index contributed by atoms with van der Waals surface area (Å²) in [6, 6.07) is 5.42. The lowest BCUT2D eigenvalue weighted by Crippen LogP contribution is -2.21. The normalized spacial score (nSPS) is 10.1. The van der Waals surface area contributed by atoms with E-state index < -0.39 is 0 Å². The third-order valence-electron chi connectivity index (χ3n) is 1.94. The van der Waals surface area contributed by atoms with E-state index in [1.54, 1.807) is 19.3 Å². The monoisotopic (exact) mass is 248 g/mol. The van der Waals surface area contributed by atoms with E-state index in [2.05, 4.69) is 16.8 Å². The van der Waals surface area contributed by atoms with Crippen molar-refractivity contribution in [1.29, 1.82) is 0 Å². The van der Waals surface area contributed by atoms with Crippen LogP contribution in [0.15, 0.2) is 41.1 Å². The van der Waals surface area contributed by atoms with Crippen molar-refractivity contribution in [2.24, 2.45) is 21.7 Å². The van der Waals surface area contributed by atoms with Crippen molar-refractivity contribution in [3.8, 4) is 11.5 Å². The molecule has 96 valence electrons. The van der Waals surface area contributed by atoms with E-state index in [0.29, 0.717) is 23.7 Å². The molecule has 6 heteroatoms. The maximum absolute atomic E-state index is 5.52. The fraction of sp³-hybridized carbons (Fsp3) is 0.167. The van der Waals surface area contributed by atoms with E-state index in [-0.39, 0.29) is 5.96 Å². The maximum Gasteiger partial charge on any atom is 0.211 e. The van der Waals surface area contributed by atoms with Crippen LogP contribution in [0.25, 0.3) is 0 Å². The van der Waals surface area contributed by atoms with Crippen molar-refractivity contribution in [2.75, 3.05) is 13.7 Å². The van der Waals surface area contributed by atoms with Crippen LogP contribution in [-0.2, 0) is 0 Å². The van der Waals surface area contributed by atoms with E-state index in [0.717, 1.165) is 0 Å². The molecule has 0 aliphatic heterocycles. The molecule has 0 bridgehead atoms. The molecule has 0 aliphatic rings. The predicted octanol–water partition coefficient (Wildman–Crippen LogP) is 0.867. The highest BCUT2D eigenvalue weighted by Crippen LogP contribution is 2.30. The van der Waals surface area contributed by atoms with Gasteiger partial charge in [-0.05, 0) is 12.1 Å². The highest BCUT2D eigenvalue weighted by molar-refractivity contribution is 5.86. The minimum Gasteiger partial charge on any atom is -0.493 e. The van der Waals surface area contributed by atoms with Gasteiger partial charge in [0.25, 0.3) is 0 Å². The Balaban J connectivity index is 3.05. The number of hydrogen-bond acceptors (Lipinski definition) is 4. The zero-order chi connectivity index (χ0) is 13.4. The predicted molar refractivity (Wildman–Crippen MR) is 72.1 cm³/mol. The van der Waals surface area contributed by atoms with E-state index in [4.69, 9.17) is 20.9 Å². The molecule has 0 spiro atoms. The molecular weight excluding hydrogens is 232 g/mol. The first kappa shape index (κ1) is 13.6. The van der Waals surface area contributed by atoms with Crippen LogP contribution >= 0.6 is 0 Å². The highest BCUT2D eigenvalue weighted by Gasteiger charge is 2.08. The second kappa shape index (κ2) is 6.95. The summed E-state index contributed by atoms with van der Waals surface area (Å²) < 4.78 is 10.7. The molecular formula is C12H16N4O2. The first-order valence-electron chi connectivity index (χ1n) is 5.21. The average molecular weight is 248 g/mol. The second-order valence-electron chi connectivity index (χ2n) is 3.25. The van der Waals surface area contributed by atoms with Gasteiger partial charge in [0, 0.05) is 5.56 Å². The molecule has 0 fully saturated rings. The van der Waals surface area contributed by atoms with Crippen LogP contribution in [0.2, 0.25) is 0 Å². The molecule has 0 unspecified atom stereocenters. The lowest BCUT2D eigenvalue weighted by atomic mass is 10.2. The van der Waals surface area contributed by atoms with Crippen LogP contribution in [-0.4, -0.2) is 25.9 Å². The molecule has 0 amide bonds. The topological polar surface area (TPSA) is 95.2 Å². The Morgan fingerprint density at radius 3 is 2.83 bits per heavy atom. The van der Waals surface area contributed by atoms with Gasteiger partial charge < -0.3 is 20.9 Å². The molecule has 0 saturated heterocycles. The third-order valence-corrected chi connectivity index (χ3v) is 1.94. The van der Waals surface area contributed by atoms with Crippen LogP contribution in [0, 0.1) is 0 Å². The summed E-state index contributed by atoms with van der Waals surface area (Å²) >= 11 is 0. The van der Waals surface area contributed by atoms with Crippen LogP contribution in [0.1, 0.15) is 5.56 Å². The molecule has 0 atom stereocenters. The molecule has 1 aromatic carbocycles. The molecule has 0 radical (unpaired) electrons. The van der Waals surface area contributed by atoms with E-state index in [1.165, 1.54) is 6.21 Å². The van der Waals surface area contributed by atoms with Crippen LogP contribution in [0.4, 0.5) is 0 Å². The summed E-state index contributed by atoms with van der Waals surface area (Å²) in [5.41, 5.74) is 11.1. The molecule has 18 heavy (non-hydrogen) atoms. The maximum atomic E-state index is 5.52. The van der Waals surface area contributed by atoms with Gasteiger partial charge >= 0.3 is 0 Å². The van der Waals surface area contributed by atoms with Gasteiger partial charge in [0.05, 0.1) is 13.3 Å². The number of rotatable bonds is 6. The van der Waals surface area contributed by atoms with Crippen LogP contribution < -0.4 is 20.9 Å². The summed E-state index contributed by atoms with van der Waals surface area (Å²) in [4.78, 5) is 0. The van der Waals surface area contributed by atoms with Gasteiger partial charge in [0.15, 0.2) is 11.5 Å². The molecule has 0 aliphatic carbocycles. The SMILES string of the molecule is C=CCOc1c(C=NN=C(N)N)cccc1OC. The molecule has 0 aromatic heterocycles. The summed E-state index contributed by atoms with van der Waals surface area (Å²) in [6.45, 7) is 3.96. The van der Waals surface area contributed by atoms with Crippen molar-refractivity contribution in [1.82, 2.24) is 0 Å². The lowest BCUT2D eigenvalue weighted by molar-refractivity contribution is 0.326. The number of hydrogen-bond donors (Lipinski definition) is 2. The highest BCUT2D eigenvalue weighted by atomic mass is 16.5. The van der Waals surface area contributed by atoms with E-state index in [1.807, 2.05) is 12.1 Å². The fourth-order valence-electron chi connectivity index (χ4n) is 1.25. The van der Waals surface area contributed by atoms with E-state index in [9.17, 15) is 0 Å². The first-order valence-corrected chi connectivity index (χ1v) is 5.21. The van der Waals surface area contributed by atoms with Crippen LogP contribution in [0.3, 0.4) is 0 Å². The average Bonchev–Trinajstić information content (AvgIpc) is 2.36. The number of nitrogens with zero attached hydrogens (tertiary/aromatic N) is 2. The Morgan fingerprint density at radius 1 is 1.44 bits per heavy atom. The zero-order valence-corrected chi connectivity index (χ0v) is 10.2. The van der Waals surface area contributed by atoms with Crippen molar-refractivity contribution in [2.45, 2.75) is 0 Å². The Bertz CT molecular complexity index is 465. The minimum atomic E-state index is -0.109. The number of ether oxygens (including phenoxy) is 2. The van der Waals surface area contributed by atoms with Gasteiger partial charge in [-0.15, -0.1) is 5.10 Å². The molecule has 0 saturated carbocycles. The van der Waals surface area contributed by atoms with Crippen molar-refractivity contribution in [3.05, 3.63) is 36.4 Å². The molecule has 0 heterocycles. The Morgan fingerprint density at radius 2 is 2.22 bits per heavy atom. The minimum absolute atomic E-state index is 0.109. The van der Waals surface area contributed by atoms with Crippen molar-refractivity contribution >= 4 is 12.2 Å². The van der Waals surface area contributed by atoms with Gasteiger partial charge in [-0.25, -0.2) is 0 Å². The Hall–Kier alpha value is -2.50. The van der Waals surface area contributed by atoms with Gasteiger partial charge in [-0.3, -0.25) is 0 Å². The molecule has 1 rings (SSSR count). The van der Waals surface area contributed by atoms with Gasteiger partial charge in [-0.2, -0.15) is 5.10 Å². The number of para-hydroxylation sites is 1. The lowest BCUT2D eigenvalue weighted by Gasteiger charge is -2.11. The summed E-state index contributed by atoms with van der Waals surface area (Å²) in [7, 11) is 1.56. The van der Waals surface area contributed by atoms with Crippen molar-refractivity contribution < 1.29 is 9.47 Å². The zero-order valence-electron chi connectivity index (χ0n) is 10.2. The van der Waals surface area contributed by atoms with Gasteiger partial charge in [0.2, 0.25) is 5.96 Å². The second-order valence-corrected chi connectivity index (χ2v) is 3.25. The largest absolute Gasteiger partial charge is 0.493 e. The molecule has 4 N–H and O–H groups in total. The quantitative estimate of drug-likeness (QED) is 0.338. The molecule has 6 nitrogen and oxygen atoms in total. The smallest absolute Gasteiger partial charge is 0.211 e. The van der Waals surface area contributed by atoms with E-state index >= 15 is 0 Å². The third kappa shape index (κ3) is 3.82. The standard InChI is InChI=1S/C12H16N4O2/c1-3-7-18-11-9(8-15-16-12(13)14)5-4-6-10(11)17-2/h3-6,8H,1,7H2,2H3,(H4,13,14,16). The number of nitrogens with two attached hydrogens (primary N) is 2. The Kier molecular flexibility index (Phi) is 5.24. The fourth-order valence-corrected chi connectivity index (χ4v) is 1.25. The first-order chi connectivity index (χ1) is 8.69. The number of benzene rings is 1. The summed E-state index contributed by atoms with van der Waals surface area (Å²) in [5, 5.41) is 7.26. The number of methoxy groups -OCH3 is 1. The molecule has 1 aromatic rings. The summed E-state index contributed by atoms with van der Waals surface area (Å²) in [6.07, 6.45) is 3.13. The van der Waals surface area contributed by atoms with Gasteiger partial charge in [0.1, 0.15) is 6.61 Å². The number of guanidine groups is 1. The van der Waals surface area contributed by atoms with Gasteiger partial charge in [-0.1, -0.05) is 18.7 Å². The van der Waals surface area contributed by atoms with Crippen LogP contribution in [0.5, 0.6) is 11.5 Å². The van der Waals surface area contributed by atoms with Crippen molar-refractivity contribution in [3.63, 3.8) is 0 Å². The Labute approximate surface area is 106 Å². The summed E-state index contributed by atoms with van der Waals surface area (Å²) in [5.74, 6) is 1.06.